The molecule has 3 aliphatic heterocycles. The standard InChI is InChI=1S/C18H33NO4Si/c1-17(2,3)22-16(20)19-12-9-11(10-13(19)15-14(12)21-15)23-24(7,8)18(4,5)6/h11-15H,9-10H2,1-8H3/t11?,12-,13+,14-,15-/m1/s1. The van der Waals surface area contributed by atoms with Gasteiger partial charge in [0, 0.05) is 6.10 Å². The van der Waals surface area contributed by atoms with E-state index in [1.54, 1.807) is 0 Å². The largest absolute Gasteiger partial charge is 0.444 e. The summed E-state index contributed by atoms with van der Waals surface area (Å²) in [5, 5.41) is 0.202. The molecule has 0 aromatic rings. The van der Waals surface area contributed by atoms with Crippen LogP contribution in [0.25, 0.3) is 0 Å². The van der Waals surface area contributed by atoms with Gasteiger partial charge in [0.05, 0.1) is 12.1 Å². The SMILES string of the molecule is CC(C)(C)OC(=O)N1[C@@H]2CC(O[Si](C)(C)C(C)(C)C)C[C@H]1[C@H]1O[C@@H]12. The van der Waals surface area contributed by atoms with Gasteiger partial charge in [0.2, 0.25) is 0 Å². The van der Waals surface area contributed by atoms with Crippen molar-refractivity contribution in [1.82, 2.24) is 4.90 Å². The van der Waals surface area contributed by atoms with E-state index < -0.39 is 13.9 Å². The van der Waals surface area contributed by atoms with Crippen LogP contribution in [-0.4, -0.2) is 55.3 Å². The molecular formula is C18H33NO4Si. The molecule has 3 heterocycles. The Hall–Kier alpha value is -0.593. The number of fused-ring (bicyclic) bond motifs is 5. The van der Waals surface area contributed by atoms with Gasteiger partial charge in [-0.05, 0) is 51.7 Å². The monoisotopic (exact) mass is 355 g/mol. The summed E-state index contributed by atoms with van der Waals surface area (Å²) in [4.78, 5) is 14.5. The second kappa shape index (κ2) is 5.45. The summed E-state index contributed by atoms with van der Waals surface area (Å²) < 4.78 is 18.0. The van der Waals surface area contributed by atoms with Crippen molar-refractivity contribution in [3.8, 4) is 0 Å². The third-order valence-electron chi connectivity index (χ3n) is 5.92. The molecule has 3 saturated heterocycles. The number of piperidine rings is 1. The first-order chi connectivity index (χ1) is 10.8. The van der Waals surface area contributed by atoms with E-state index in [1.165, 1.54) is 0 Å². The Morgan fingerprint density at radius 3 is 1.96 bits per heavy atom. The summed E-state index contributed by atoms with van der Waals surface area (Å²) >= 11 is 0. The number of ether oxygens (including phenoxy) is 2. The molecule has 3 rings (SSSR count). The summed E-state index contributed by atoms with van der Waals surface area (Å²) in [6.45, 7) is 17.1. The summed E-state index contributed by atoms with van der Waals surface area (Å²) in [5.41, 5.74) is -0.462. The van der Waals surface area contributed by atoms with E-state index in [-0.39, 0.29) is 41.5 Å². The second-order valence-electron chi connectivity index (χ2n) is 10.1. The lowest BCUT2D eigenvalue weighted by molar-refractivity contribution is -0.0339. The highest BCUT2D eigenvalue weighted by Gasteiger charge is 2.66. The van der Waals surface area contributed by atoms with E-state index in [4.69, 9.17) is 13.9 Å². The molecule has 3 aliphatic rings. The number of epoxide rings is 1. The molecule has 0 aliphatic carbocycles. The van der Waals surface area contributed by atoms with Gasteiger partial charge in [-0.1, -0.05) is 20.8 Å². The lowest BCUT2D eigenvalue weighted by Gasteiger charge is -2.45. The smallest absolute Gasteiger partial charge is 0.410 e. The molecule has 0 spiro atoms. The Morgan fingerprint density at radius 1 is 1.04 bits per heavy atom. The fourth-order valence-corrected chi connectivity index (χ4v) is 5.10. The molecule has 0 N–H and O–H groups in total. The third kappa shape index (κ3) is 3.25. The molecule has 5 nitrogen and oxygen atoms in total. The average molecular weight is 356 g/mol. The molecule has 24 heavy (non-hydrogen) atoms. The van der Waals surface area contributed by atoms with Gasteiger partial charge in [0.1, 0.15) is 17.8 Å². The van der Waals surface area contributed by atoms with E-state index in [0.717, 1.165) is 12.8 Å². The first-order valence-corrected chi connectivity index (χ1v) is 12.1. The van der Waals surface area contributed by atoms with E-state index >= 15 is 0 Å². The highest BCUT2D eigenvalue weighted by Crippen LogP contribution is 2.50. The second-order valence-corrected chi connectivity index (χ2v) is 14.8. The van der Waals surface area contributed by atoms with Crippen LogP contribution in [0.5, 0.6) is 0 Å². The van der Waals surface area contributed by atoms with Crippen molar-refractivity contribution in [2.75, 3.05) is 0 Å². The van der Waals surface area contributed by atoms with Crippen LogP contribution in [0, 0.1) is 0 Å². The highest BCUT2D eigenvalue weighted by molar-refractivity contribution is 6.74. The van der Waals surface area contributed by atoms with Crippen LogP contribution < -0.4 is 0 Å². The van der Waals surface area contributed by atoms with Crippen LogP contribution in [-0.2, 0) is 13.9 Å². The number of carbonyl (C=O) groups is 1. The maximum Gasteiger partial charge on any atom is 0.410 e. The zero-order valence-electron chi connectivity index (χ0n) is 16.4. The fraction of sp³-hybridized carbons (Fsp3) is 0.944. The Bertz CT molecular complexity index is 504. The van der Waals surface area contributed by atoms with Crippen molar-refractivity contribution in [1.29, 1.82) is 0 Å². The first kappa shape index (κ1) is 18.2. The van der Waals surface area contributed by atoms with Gasteiger partial charge in [0.15, 0.2) is 8.32 Å². The summed E-state index contributed by atoms with van der Waals surface area (Å²) in [5.74, 6) is 0. The summed E-state index contributed by atoms with van der Waals surface area (Å²) in [7, 11) is -1.79. The van der Waals surface area contributed by atoms with Crippen molar-refractivity contribution in [2.24, 2.45) is 0 Å². The van der Waals surface area contributed by atoms with Crippen LogP contribution in [0.15, 0.2) is 0 Å². The molecule has 0 radical (unpaired) electrons. The number of amides is 1. The fourth-order valence-electron chi connectivity index (χ4n) is 3.72. The molecule has 1 amide bonds. The molecule has 0 saturated carbocycles. The molecule has 0 aromatic heterocycles. The van der Waals surface area contributed by atoms with E-state index in [9.17, 15) is 4.79 Å². The van der Waals surface area contributed by atoms with Gasteiger partial charge < -0.3 is 13.9 Å². The molecule has 1 unspecified atom stereocenters. The van der Waals surface area contributed by atoms with Gasteiger partial charge >= 0.3 is 6.09 Å². The van der Waals surface area contributed by atoms with Gasteiger partial charge in [-0.15, -0.1) is 0 Å². The number of morpholine rings is 1. The normalized spacial score (nSPS) is 35.7. The van der Waals surface area contributed by atoms with Gasteiger partial charge in [-0.3, -0.25) is 4.90 Å². The average Bonchev–Trinajstić information content (AvgIpc) is 3.09. The predicted molar refractivity (Wildman–Crippen MR) is 95.6 cm³/mol. The van der Waals surface area contributed by atoms with Crippen LogP contribution in [0.1, 0.15) is 54.4 Å². The topological polar surface area (TPSA) is 51.3 Å². The van der Waals surface area contributed by atoms with Gasteiger partial charge in [-0.2, -0.15) is 0 Å². The number of hydrogen-bond donors (Lipinski definition) is 0. The van der Waals surface area contributed by atoms with Crippen molar-refractivity contribution >= 4 is 14.4 Å². The minimum atomic E-state index is -1.79. The van der Waals surface area contributed by atoms with Crippen molar-refractivity contribution in [2.45, 2.75) is 109 Å². The van der Waals surface area contributed by atoms with E-state index in [0.29, 0.717) is 0 Å². The highest BCUT2D eigenvalue weighted by atomic mass is 28.4. The van der Waals surface area contributed by atoms with Crippen LogP contribution in [0.4, 0.5) is 4.79 Å². The van der Waals surface area contributed by atoms with Crippen molar-refractivity contribution < 1.29 is 18.7 Å². The van der Waals surface area contributed by atoms with E-state index in [2.05, 4.69) is 33.9 Å². The first-order valence-electron chi connectivity index (χ1n) is 9.15. The van der Waals surface area contributed by atoms with Crippen molar-refractivity contribution in [3.05, 3.63) is 0 Å². The zero-order valence-corrected chi connectivity index (χ0v) is 17.4. The molecular weight excluding hydrogens is 322 g/mol. The maximum absolute atomic E-state index is 12.6. The lowest BCUT2D eigenvalue weighted by atomic mass is 9.99. The minimum absolute atomic E-state index is 0.110. The maximum atomic E-state index is 12.6. The van der Waals surface area contributed by atoms with Crippen LogP contribution in [0.3, 0.4) is 0 Å². The van der Waals surface area contributed by atoms with Crippen LogP contribution in [0.2, 0.25) is 18.1 Å². The number of carbonyl (C=O) groups excluding carboxylic acids is 1. The van der Waals surface area contributed by atoms with Gasteiger partial charge in [-0.25, -0.2) is 4.79 Å². The third-order valence-corrected chi connectivity index (χ3v) is 10.5. The number of rotatable bonds is 2. The summed E-state index contributed by atoms with van der Waals surface area (Å²) in [6.07, 6.45) is 2.15. The lowest BCUT2D eigenvalue weighted by Crippen LogP contribution is -2.56. The summed E-state index contributed by atoms with van der Waals surface area (Å²) in [6, 6.07) is 0.219. The quantitative estimate of drug-likeness (QED) is 0.556. The minimum Gasteiger partial charge on any atom is -0.444 e. The number of hydrogen-bond acceptors (Lipinski definition) is 4. The predicted octanol–water partition coefficient (Wildman–Crippen LogP) is 3.93. The molecule has 2 bridgehead atoms. The Labute approximate surface area is 147 Å². The Morgan fingerprint density at radius 2 is 1.54 bits per heavy atom. The van der Waals surface area contributed by atoms with Crippen molar-refractivity contribution in [3.63, 3.8) is 0 Å². The molecule has 3 fully saturated rings. The number of nitrogens with zero attached hydrogens (tertiary/aromatic N) is 1. The molecule has 6 heteroatoms. The molecule has 138 valence electrons. The molecule has 5 atom stereocenters. The van der Waals surface area contributed by atoms with E-state index in [1.807, 2.05) is 25.7 Å². The van der Waals surface area contributed by atoms with Gasteiger partial charge in [0.25, 0.3) is 0 Å². The Balaban J connectivity index is 1.69. The molecule has 0 aromatic carbocycles. The Kier molecular flexibility index (Phi) is 4.13. The van der Waals surface area contributed by atoms with Crippen LogP contribution >= 0.6 is 0 Å². The zero-order chi connectivity index (χ0) is 18.1.